The third-order valence-corrected chi connectivity index (χ3v) is 3.76. The topological polar surface area (TPSA) is 47.8 Å². The van der Waals surface area contributed by atoms with Crippen LogP contribution in [-0.4, -0.2) is 14.8 Å². The van der Waals surface area contributed by atoms with Crippen LogP contribution in [0.1, 0.15) is 23.5 Å². The average Bonchev–Trinajstić information content (AvgIpc) is 2.84. The molecule has 2 aromatic heterocycles. The molecule has 0 aliphatic carbocycles. The van der Waals surface area contributed by atoms with Crippen molar-refractivity contribution in [2.24, 2.45) is 0 Å². The third kappa shape index (κ3) is 3.65. The molecule has 0 atom stereocenters. The van der Waals surface area contributed by atoms with E-state index in [9.17, 15) is 4.79 Å². The number of thiazole rings is 1. The van der Waals surface area contributed by atoms with Gasteiger partial charge in [0.15, 0.2) is 0 Å². The van der Waals surface area contributed by atoms with E-state index >= 15 is 0 Å². The van der Waals surface area contributed by atoms with Crippen molar-refractivity contribution < 1.29 is 0 Å². The van der Waals surface area contributed by atoms with Crippen molar-refractivity contribution in [3.05, 3.63) is 44.8 Å². The lowest BCUT2D eigenvalue weighted by atomic mass is 10.2. The van der Waals surface area contributed by atoms with Crippen molar-refractivity contribution in [3.8, 4) is 0 Å². The summed E-state index contributed by atoms with van der Waals surface area (Å²) in [6.45, 7) is 0.660. The first-order chi connectivity index (χ1) is 8.79. The average molecular weight is 284 g/mol. The van der Waals surface area contributed by atoms with Gasteiger partial charge in [-0.15, -0.1) is 22.9 Å². The maximum atomic E-state index is 11.4. The largest absolute Gasteiger partial charge is 0.268 e. The summed E-state index contributed by atoms with van der Waals surface area (Å²) < 4.78 is 1.49. The van der Waals surface area contributed by atoms with Crippen molar-refractivity contribution in [1.82, 2.24) is 14.8 Å². The Bertz CT molecular complexity index is 552. The molecule has 4 nitrogen and oxygen atoms in total. The molecule has 0 bridgehead atoms. The molecule has 96 valence electrons. The molecule has 0 saturated heterocycles. The Balaban J connectivity index is 1.76. The highest BCUT2D eigenvalue weighted by atomic mass is 35.5. The van der Waals surface area contributed by atoms with Gasteiger partial charge in [-0.25, -0.2) is 9.67 Å². The van der Waals surface area contributed by atoms with E-state index in [0.717, 1.165) is 30.0 Å². The fourth-order valence-electron chi connectivity index (χ4n) is 1.62. The van der Waals surface area contributed by atoms with E-state index in [1.807, 2.05) is 5.38 Å². The van der Waals surface area contributed by atoms with E-state index in [-0.39, 0.29) is 5.56 Å². The number of rotatable bonds is 6. The Morgan fingerprint density at radius 2 is 2.28 bits per heavy atom. The summed E-state index contributed by atoms with van der Waals surface area (Å²) in [5.74, 6) is 0.472. The molecule has 0 unspecified atom stereocenters. The molecular weight excluding hydrogens is 270 g/mol. The number of alkyl halides is 1. The molecule has 2 rings (SSSR count). The fourth-order valence-corrected chi connectivity index (χ4v) is 2.69. The van der Waals surface area contributed by atoms with Crippen LogP contribution in [-0.2, 0) is 18.8 Å². The van der Waals surface area contributed by atoms with Gasteiger partial charge in [0.05, 0.1) is 16.6 Å². The second-order valence-corrected chi connectivity index (χ2v) is 5.12. The molecule has 0 aliphatic heterocycles. The summed E-state index contributed by atoms with van der Waals surface area (Å²) in [5, 5.41) is 7.12. The van der Waals surface area contributed by atoms with E-state index in [0.29, 0.717) is 12.4 Å². The van der Waals surface area contributed by atoms with Crippen LogP contribution in [0.3, 0.4) is 0 Å². The van der Waals surface area contributed by atoms with Crippen molar-refractivity contribution in [2.75, 3.05) is 0 Å². The number of aryl methyl sites for hydroxylation is 2. The lowest BCUT2D eigenvalue weighted by Crippen LogP contribution is -2.21. The molecule has 2 heterocycles. The minimum Gasteiger partial charge on any atom is -0.268 e. The van der Waals surface area contributed by atoms with Crippen LogP contribution in [0.5, 0.6) is 0 Å². The minimum atomic E-state index is -0.0452. The Labute approximate surface area is 114 Å². The monoisotopic (exact) mass is 283 g/mol. The summed E-state index contributed by atoms with van der Waals surface area (Å²) in [7, 11) is 0. The van der Waals surface area contributed by atoms with Crippen molar-refractivity contribution >= 4 is 22.9 Å². The van der Waals surface area contributed by atoms with Crippen LogP contribution in [0.15, 0.2) is 28.5 Å². The standard InChI is InChI=1S/C12H14ClN3OS/c13-8-10-9-18-11(15-10)4-1-2-7-16-12(17)5-3-6-14-16/h3,5-6,9H,1-2,4,7-8H2. The zero-order valence-corrected chi connectivity index (χ0v) is 11.5. The first-order valence-electron chi connectivity index (χ1n) is 5.81. The molecule has 0 amide bonds. The first kappa shape index (κ1) is 13.2. The molecule has 18 heavy (non-hydrogen) atoms. The third-order valence-electron chi connectivity index (χ3n) is 2.53. The predicted octanol–water partition coefficient (Wildman–Crippen LogP) is 2.46. The minimum absolute atomic E-state index is 0.0452. The summed E-state index contributed by atoms with van der Waals surface area (Å²) in [6.07, 6.45) is 4.49. The van der Waals surface area contributed by atoms with Crippen molar-refractivity contribution in [3.63, 3.8) is 0 Å². The van der Waals surface area contributed by atoms with Crippen LogP contribution in [0, 0.1) is 0 Å². The Kier molecular flexibility index (Phi) is 4.90. The smallest absolute Gasteiger partial charge is 0.266 e. The molecule has 0 spiro atoms. The maximum absolute atomic E-state index is 11.4. The zero-order valence-electron chi connectivity index (χ0n) is 9.88. The summed E-state index contributed by atoms with van der Waals surface area (Å²) in [5.41, 5.74) is 0.897. The fraction of sp³-hybridized carbons (Fsp3) is 0.417. The van der Waals surface area contributed by atoms with Crippen LogP contribution in [0.2, 0.25) is 0 Å². The van der Waals surface area contributed by atoms with Crippen LogP contribution in [0.25, 0.3) is 0 Å². The number of nitrogens with zero attached hydrogens (tertiary/aromatic N) is 3. The quantitative estimate of drug-likeness (QED) is 0.604. The van der Waals surface area contributed by atoms with Crippen molar-refractivity contribution in [1.29, 1.82) is 0 Å². The molecule has 0 aromatic carbocycles. The maximum Gasteiger partial charge on any atom is 0.266 e. The number of aromatic nitrogens is 3. The summed E-state index contributed by atoms with van der Waals surface area (Å²) >= 11 is 7.34. The van der Waals surface area contributed by atoms with Gasteiger partial charge >= 0.3 is 0 Å². The Morgan fingerprint density at radius 3 is 3.00 bits per heavy atom. The van der Waals surface area contributed by atoms with Gasteiger partial charge in [0.25, 0.3) is 5.56 Å². The molecule has 2 aromatic rings. The van der Waals surface area contributed by atoms with Gasteiger partial charge < -0.3 is 0 Å². The van der Waals surface area contributed by atoms with E-state index in [4.69, 9.17) is 11.6 Å². The van der Waals surface area contributed by atoms with E-state index in [2.05, 4.69) is 10.1 Å². The second kappa shape index (κ2) is 6.66. The number of unbranched alkanes of at least 4 members (excludes halogenated alkanes) is 1. The van der Waals surface area contributed by atoms with Gasteiger partial charge in [-0.05, 0) is 25.3 Å². The predicted molar refractivity (Wildman–Crippen MR) is 73.1 cm³/mol. The molecule has 0 saturated carbocycles. The molecular formula is C12H14ClN3OS. The van der Waals surface area contributed by atoms with E-state index in [1.54, 1.807) is 23.6 Å². The van der Waals surface area contributed by atoms with Crippen LogP contribution < -0.4 is 5.56 Å². The van der Waals surface area contributed by atoms with Crippen molar-refractivity contribution in [2.45, 2.75) is 31.7 Å². The van der Waals surface area contributed by atoms with Gasteiger partial charge in [0.2, 0.25) is 0 Å². The second-order valence-electron chi connectivity index (χ2n) is 3.91. The molecule has 0 N–H and O–H groups in total. The Hall–Kier alpha value is -1.20. The molecule has 6 heteroatoms. The highest BCUT2D eigenvalue weighted by Crippen LogP contribution is 2.14. The first-order valence-corrected chi connectivity index (χ1v) is 7.22. The van der Waals surface area contributed by atoms with E-state index < -0.39 is 0 Å². The van der Waals surface area contributed by atoms with Crippen LogP contribution >= 0.6 is 22.9 Å². The Morgan fingerprint density at radius 1 is 1.39 bits per heavy atom. The molecule has 0 aliphatic rings. The van der Waals surface area contributed by atoms with Gasteiger partial charge in [-0.3, -0.25) is 4.79 Å². The van der Waals surface area contributed by atoms with Gasteiger partial charge in [0.1, 0.15) is 0 Å². The lowest BCUT2D eigenvalue weighted by Gasteiger charge is -2.02. The molecule has 0 radical (unpaired) electrons. The molecule has 0 fully saturated rings. The summed E-state index contributed by atoms with van der Waals surface area (Å²) in [6, 6.07) is 3.18. The highest BCUT2D eigenvalue weighted by Gasteiger charge is 2.01. The van der Waals surface area contributed by atoms with Gasteiger partial charge in [0, 0.05) is 24.2 Å². The van der Waals surface area contributed by atoms with Crippen LogP contribution in [0.4, 0.5) is 0 Å². The number of halogens is 1. The SMILES string of the molecule is O=c1cccnn1CCCCc1nc(CCl)cs1. The van der Waals surface area contributed by atoms with E-state index in [1.165, 1.54) is 10.7 Å². The van der Waals surface area contributed by atoms with Gasteiger partial charge in [-0.1, -0.05) is 0 Å². The number of hydrogen-bond acceptors (Lipinski definition) is 4. The zero-order chi connectivity index (χ0) is 12.8. The van der Waals surface area contributed by atoms with Gasteiger partial charge in [-0.2, -0.15) is 5.10 Å². The highest BCUT2D eigenvalue weighted by molar-refractivity contribution is 7.09. The normalized spacial score (nSPS) is 10.7. The summed E-state index contributed by atoms with van der Waals surface area (Å²) in [4.78, 5) is 15.8. The lowest BCUT2D eigenvalue weighted by molar-refractivity contribution is 0.531. The number of hydrogen-bond donors (Lipinski definition) is 0.